The number of nitrogens with zero attached hydrogens (tertiary/aromatic N) is 1. The number of carbonyl (C=O) groups is 1. The maximum Gasteiger partial charge on any atom is 0.229 e. The maximum absolute atomic E-state index is 13.7. The molecule has 0 bridgehead atoms. The lowest BCUT2D eigenvalue weighted by Crippen LogP contribution is -2.09. The summed E-state index contributed by atoms with van der Waals surface area (Å²) in [6.07, 6.45) is -1.64. The molecule has 16 heavy (non-hydrogen) atoms. The Bertz CT molecular complexity index is 607. The minimum atomic E-state index is -1.64. The van der Waals surface area contributed by atoms with Gasteiger partial charge in [-0.3, -0.25) is 9.36 Å². The highest BCUT2D eigenvalue weighted by Crippen LogP contribution is 2.46. The predicted octanol–water partition coefficient (Wildman–Crippen LogP) is 1.97. The molecule has 1 aliphatic heterocycles. The van der Waals surface area contributed by atoms with Crippen LogP contribution in [0.4, 0.5) is 4.39 Å². The molecule has 1 aliphatic rings. The van der Waals surface area contributed by atoms with Crippen molar-refractivity contribution in [3.63, 3.8) is 0 Å². The Hall–Kier alpha value is -1.78. The number of fused-ring (bicyclic) bond motifs is 3. The van der Waals surface area contributed by atoms with Crippen molar-refractivity contribution in [1.82, 2.24) is 4.57 Å². The summed E-state index contributed by atoms with van der Waals surface area (Å²) in [7, 11) is 5.42. The number of alkyl halides is 1. The Morgan fingerprint density at radius 1 is 1.38 bits per heavy atom. The summed E-state index contributed by atoms with van der Waals surface area (Å²) in [5.74, 6) is -1.92. The van der Waals surface area contributed by atoms with E-state index < -0.39 is 17.9 Å². The number of para-hydroxylation sites is 1. The molecule has 2 aromatic rings. The molecule has 3 rings (SSSR count). The number of hydrogen-bond acceptors (Lipinski definition) is 2. The fraction of sp³-hybridized carbons (Fsp3) is 0.182. The molecule has 0 aliphatic carbocycles. The third kappa shape index (κ3) is 0.906. The monoisotopic (exact) mass is 215 g/mol. The van der Waals surface area contributed by atoms with Crippen molar-refractivity contribution >= 4 is 24.7 Å². The zero-order chi connectivity index (χ0) is 11.4. The Labute approximate surface area is 91.9 Å². The largest absolute Gasteiger partial charge is 0.505 e. The van der Waals surface area contributed by atoms with E-state index in [4.69, 9.17) is 7.85 Å². The van der Waals surface area contributed by atoms with E-state index in [1.165, 1.54) is 4.57 Å². The van der Waals surface area contributed by atoms with E-state index in [-0.39, 0.29) is 11.4 Å². The van der Waals surface area contributed by atoms with E-state index >= 15 is 0 Å². The van der Waals surface area contributed by atoms with Crippen LogP contribution in [0, 0.1) is 0 Å². The molecule has 2 atom stereocenters. The number of hydrogen-bond donors (Lipinski definition) is 1. The molecular formula is C11H7BFNO2. The van der Waals surface area contributed by atoms with E-state index in [2.05, 4.69) is 0 Å². The molecule has 0 spiro atoms. The van der Waals surface area contributed by atoms with Gasteiger partial charge in [0.2, 0.25) is 5.91 Å². The molecule has 2 unspecified atom stereocenters. The highest BCUT2D eigenvalue weighted by Gasteiger charge is 2.40. The fourth-order valence-corrected chi connectivity index (χ4v) is 2.18. The van der Waals surface area contributed by atoms with Crippen LogP contribution in [0.5, 0.6) is 5.75 Å². The molecule has 0 fully saturated rings. The molecular weight excluding hydrogens is 208 g/mol. The number of benzene rings is 1. The number of aromatic hydroxyl groups is 1. The summed E-state index contributed by atoms with van der Waals surface area (Å²) in [6.45, 7) is 0. The normalized spacial score (nSPS) is 23.9. The molecule has 2 radical (unpaired) electrons. The van der Waals surface area contributed by atoms with E-state index in [0.29, 0.717) is 10.9 Å². The van der Waals surface area contributed by atoms with Gasteiger partial charge in [-0.15, -0.1) is 0 Å². The molecule has 78 valence electrons. The summed E-state index contributed by atoms with van der Waals surface area (Å²) < 4.78 is 14.9. The summed E-state index contributed by atoms with van der Waals surface area (Å²) in [5, 5.41) is 10.3. The molecule has 0 saturated carbocycles. The number of halogens is 1. The Morgan fingerprint density at radius 3 is 2.81 bits per heavy atom. The van der Waals surface area contributed by atoms with Gasteiger partial charge in [0.05, 0.1) is 13.4 Å². The number of rotatable bonds is 0. The van der Waals surface area contributed by atoms with E-state index in [0.717, 1.165) is 0 Å². The fourth-order valence-electron chi connectivity index (χ4n) is 2.18. The van der Waals surface area contributed by atoms with Crippen molar-refractivity contribution in [1.29, 1.82) is 0 Å². The van der Waals surface area contributed by atoms with Crippen molar-refractivity contribution in [2.24, 2.45) is 0 Å². The quantitative estimate of drug-likeness (QED) is 0.682. The van der Waals surface area contributed by atoms with Crippen LogP contribution < -0.4 is 0 Å². The van der Waals surface area contributed by atoms with Crippen LogP contribution in [-0.2, 0) is 0 Å². The van der Waals surface area contributed by atoms with E-state index in [9.17, 15) is 14.3 Å². The zero-order valence-electron chi connectivity index (χ0n) is 8.22. The first-order valence-corrected chi connectivity index (χ1v) is 4.89. The highest BCUT2D eigenvalue weighted by atomic mass is 19.1. The molecule has 0 amide bonds. The lowest BCUT2D eigenvalue weighted by Gasteiger charge is -2.03. The Balaban J connectivity index is 2.46. The van der Waals surface area contributed by atoms with Gasteiger partial charge in [0.15, 0.2) is 0 Å². The minimum Gasteiger partial charge on any atom is -0.505 e. The topological polar surface area (TPSA) is 42.2 Å². The first-order chi connectivity index (χ1) is 7.63. The lowest BCUT2D eigenvalue weighted by atomic mass is 9.83. The number of aromatic nitrogens is 1. The third-order valence-corrected chi connectivity index (χ3v) is 2.97. The van der Waals surface area contributed by atoms with Crippen molar-refractivity contribution in [3.8, 4) is 5.75 Å². The molecule has 0 saturated heterocycles. The highest BCUT2D eigenvalue weighted by molar-refractivity contribution is 6.27. The zero-order valence-corrected chi connectivity index (χ0v) is 8.22. The molecule has 5 heteroatoms. The molecule has 1 aromatic heterocycles. The van der Waals surface area contributed by atoms with Gasteiger partial charge in [0.25, 0.3) is 0 Å². The van der Waals surface area contributed by atoms with Crippen LogP contribution in [0.3, 0.4) is 0 Å². The molecule has 2 heterocycles. The van der Waals surface area contributed by atoms with Gasteiger partial charge in [0, 0.05) is 11.2 Å². The van der Waals surface area contributed by atoms with Crippen LogP contribution in [0.25, 0.3) is 10.9 Å². The SMILES string of the molecule is [B]C1C(=O)n2c(c(O)c3ccccc32)C1F. The van der Waals surface area contributed by atoms with Gasteiger partial charge >= 0.3 is 0 Å². The summed E-state index contributed by atoms with van der Waals surface area (Å²) in [5.41, 5.74) is 0.467. The minimum absolute atomic E-state index is 0.0290. The Kier molecular flexibility index (Phi) is 1.70. The second-order valence-electron chi connectivity index (χ2n) is 3.85. The van der Waals surface area contributed by atoms with Gasteiger partial charge in [-0.1, -0.05) is 12.1 Å². The first kappa shape index (κ1) is 9.45. The van der Waals surface area contributed by atoms with Gasteiger partial charge in [-0.05, 0) is 12.1 Å². The predicted molar refractivity (Wildman–Crippen MR) is 57.6 cm³/mol. The van der Waals surface area contributed by atoms with Crippen LogP contribution in [0.15, 0.2) is 24.3 Å². The third-order valence-electron chi connectivity index (χ3n) is 2.97. The van der Waals surface area contributed by atoms with Crippen LogP contribution >= 0.6 is 0 Å². The van der Waals surface area contributed by atoms with Crippen molar-refractivity contribution < 1.29 is 14.3 Å². The van der Waals surface area contributed by atoms with Gasteiger partial charge in [0.1, 0.15) is 17.6 Å². The van der Waals surface area contributed by atoms with Crippen molar-refractivity contribution in [2.45, 2.75) is 12.0 Å². The van der Waals surface area contributed by atoms with Crippen molar-refractivity contribution in [3.05, 3.63) is 30.0 Å². The van der Waals surface area contributed by atoms with Gasteiger partial charge in [-0.2, -0.15) is 0 Å². The van der Waals surface area contributed by atoms with Crippen molar-refractivity contribution in [2.75, 3.05) is 0 Å². The summed E-state index contributed by atoms with van der Waals surface area (Å²) in [6, 6.07) is 6.73. The average Bonchev–Trinajstić information content (AvgIpc) is 2.71. The van der Waals surface area contributed by atoms with Crippen LogP contribution in [0.2, 0.25) is 5.82 Å². The second kappa shape index (κ2) is 2.87. The van der Waals surface area contributed by atoms with Crippen LogP contribution in [0.1, 0.15) is 16.7 Å². The first-order valence-electron chi connectivity index (χ1n) is 4.89. The smallest absolute Gasteiger partial charge is 0.229 e. The maximum atomic E-state index is 13.7. The standard InChI is InChI=1S/C11H7BFNO2/c12-7-8(13)9-10(15)5-3-1-2-4-6(5)14(9)11(7)16/h1-4,7-8,15H. The average molecular weight is 215 g/mol. The number of carbonyl (C=O) groups excluding carboxylic acids is 1. The molecule has 1 aromatic carbocycles. The lowest BCUT2D eigenvalue weighted by molar-refractivity contribution is 0.0914. The summed E-state index contributed by atoms with van der Waals surface area (Å²) >= 11 is 0. The second-order valence-corrected chi connectivity index (χ2v) is 3.85. The van der Waals surface area contributed by atoms with E-state index in [1.54, 1.807) is 24.3 Å². The van der Waals surface area contributed by atoms with Gasteiger partial charge in [-0.25, -0.2) is 4.39 Å². The molecule has 3 nitrogen and oxygen atoms in total. The summed E-state index contributed by atoms with van der Waals surface area (Å²) in [4.78, 5) is 11.7. The van der Waals surface area contributed by atoms with Crippen LogP contribution in [-0.4, -0.2) is 23.4 Å². The Morgan fingerprint density at radius 2 is 2.06 bits per heavy atom. The van der Waals surface area contributed by atoms with Gasteiger partial charge < -0.3 is 5.11 Å². The molecule has 1 N–H and O–H groups in total. The van der Waals surface area contributed by atoms with E-state index in [1.807, 2.05) is 0 Å².